The summed E-state index contributed by atoms with van der Waals surface area (Å²) >= 11 is 0. The van der Waals surface area contributed by atoms with E-state index < -0.39 is 5.82 Å². The molecule has 0 bridgehead atoms. The number of hydrogen-bond acceptors (Lipinski definition) is 2. The molecule has 1 saturated heterocycles. The van der Waals surface area contributed by atoms with Gasteiger partial charge in [0.1, 0.15) is 11.6 Å². The minimum Gasteiger partial charge on any atom is -0.339 e. The molecule has 0 atom stereocenters. The number of benzene rings is 2. The second-order valence-electron chi connectivity index (χ2n) is 6.74. The monoisotopic (exact) mass is 394 g/mol. The van der Waals surface area contributed by atoms with E-state index >= 15 is 0 Å². The van der Waals surface area contributed by atoms with Crippen molar-refractivity contribution >= 4 is 18.3 Å². The molecule has 6 heteroatoms. The molecule has 1 heterocycles. The minimum atomic E-state index is -0.536. The van der Waals surface area contributed by atoms with Crippen molar-refractivity contribution in [2.75, 3.05) is 26.2 Å². The summed E-state index contributed by atoms with van der Waals surface area (Å²) in [5.74, 6) is -0.551. The summed E-state index contributed by atoms with van der Waals surface area (Å²) in [4.78, 5) is 14.4. The van der Waals surface area contributed by atoms with Crippen LogP contribution in [0.3, 0.4) is 0 Å². The maximum atomic E-state index is 14.5. The first kappa shape index (κ1) is 21.3. The topological polar surface area (TPSA) is 32.3 Å². The van der Waals surface area contributed by atoms with E-state index in [4.69, 9.17) is 0 Å². The highest BCUT2D eigenvalue weighted by Crippen LogP contribution is 2.24. The number of rotatable bonds is 5. The molecule has 0 aliphatic carbocycles. The molecule has 27 heavy (non-hydrogen) atoms. The molecule has 0 aromatic heterocycles. The predicted molar refractivity (Wildman–Crippen MR) is 106 cm³/mol. The highest BCUT2D eigenvalue weighted by molar-refractivity contribution is 5.95. The van der Waals surface area contributed by atoms with Gasteiger partial charge in [-0.2, -0.15) is 0 Å². The normalized spacial score (nSPS) is 14.7. The van der Waals surface area contributed by atoms with Crippen LogP contribution in [0.4, 0.5) is 8.78 Å². The number of hydrogen-bond donors (Lipinski definition) is 1. The molecule has 1 amide bonds. The summed E-state index contributed by atoms with van der Waals surface area (Å²) in [6.45, 7) is 5.32. The van der Waals surface area contributed by atoms with E-state index in [0.29, 0.717) is 30.1 Å². The number of halogens is 3. The van der Waals surface area contributed by atoms with E-state index in [0.717, 1.165) is 25.9 Å². The summed E-state index contributed by atoms with van der Waals surface area (Å²) in [5, 5.41) is 3.34. The molecule has 3 nitrogen and oxygen atoms in total. The minimum absolute atomic E-state index is 0. The average Bonchev–Trinajstić information content (AvgIpc) is 2.67. The van der Waals surface area contributed by atoms with Gasteiger partial charge >= 0.3 is 0 Å². The Morgan fingerprint density at radius 3 is 2.30 bits per heavy atom. The van der Waals surface area contributed by atoms with Crippen molar-refractivity contribution in [1.82, 2.24) is 10.2 Å². The van der Waals surface area contributed by atoms with Crippen molar-refractivity contribution in [3.8, 4) is 11.1 Å². The van der Waals surface area contributed by atoms with Crippen LogP contribution in [0.15, 0.2) is 42.5 Å². The molecule has 0 spiro atoms. The van der Waals surface area contributed by atoms with E-state index in [-0.39, 0.29) is 29.7 Å². The van der Waals surface area contributed by atoms with Gasteiger partial charge in [0.05, 0.1) is 5.56 Å². The molecule has 146 valence electrons. The first-order valence-corrected chi connectivity index (χ1v) is 9.14. The molecule has 1 fully saturated rings. The fourth-order valence-corrected chi connectivity index (χ4v) is 3.37. The van der Waals surface area contributed by atoms with Crippen LogP contribution < -0.4 is 5.32 Å². The smallest absolute Gasteiger partial charge is 0.256 e. The molecule has 0 radical (unpaired) electrons. The summed E-state index contributed by atoms with van der Waals surface area (Å²) in [7, 11) is 0. The lowest BCUT2D eigenvalue weighted by atomic mass is 9.96. The second-order valence-corrected chi connectivity index (χ2v) is 6.74. The number of carbonyl (C=O) groups is 1. The number of nitrogens with one attached hydrogen (secondary N) is 1. The zero-order valence-corrected chi connectivity index (χ0v) is 16.2. The zero-order chi connectivity index (χ0) is 18.5. The van der Waals surface area contributed by atoms with Gasteiger partial charge in [-0.3, -0.25) is 4.79 Å². The van der Waals surface area contributed by atoms with E-state index in [9.17, 15) is 13.6 Å². The SMILES string of the molecule is CCNCC1CCN(C(=O)c2ccc(-c3ccc(F)cc3)cc2F)CC1.Cl. The Balaban J connectivity index is 0.00000261. The first-order chi connectivity index (χ1) is 12.6. The van der Waals surface area contributed by atoms with Crippen LogP contribution in [-0.4, -0.2) is 37.0 Å². The quantitative estimate of drug-likeness (QED) is 0.808. The maximum Gasteiger partial charge on any atom is 0.256 e. The van der Waals surface area contributed by atoms with E-state index in [1.54, 1.807) is 23.1 Å². The van der Waals surface area contributed by atoms with Crippen molar-refractivity contribution in [3.05, 3.63) is 59.7 Å². The third-order valence-corrected chi connectivity index (χ3v) is 4.96. The highest BCUT2D eigenvalue weighted by Gasteiger charge is 2.25. The van der Waals surface area contributed by atoms with Crippen molar-refractivity contribution in [1.29, 1.82) is 0 Å². The van der Waals surface area contributed by atoms with E-state index in [2.05, 4.69) is 12.2 Å². The molecule has 2 aromatic carbocycles. The van der Waals surface area contributed by atoms with Gasteiger partial charge in [0.2, 0.25) is 0 Å². The Hall–Kier alpha value is -1.98. The molecule has 1 aliphatic heterocycles. The molecular formula is C21H25ClF2N2O. The number of likely N-dealkylation sites (tertiary alicyclic amines) is 1. The number of amides is 1. The van der Waals surface area contributed by atoms with Crippen molar-refractivity contribution in [2.45, 2.75) is 19.8 Å². The summed E-state index contributed by atoms with van der Waals surface area (Å²) in [6, 6.07) is 10.5. The van der Waals surface area contributed by atoms with E-state index in [1.165, 1.54) is 24.3 Å². The van der Waals surface area contributed by atoms with Gasteiger partial charge in [0.15, 0.2) is 0 Å². The van der Waals surface area contributed by atoms with Crippen LogP contribution in [0.2, 0.25) is 0 Å². The Bertz CT molecular complexity index is 759. The summed E-state index contributed by atoms with van der Waals surface area (Å²) in [6.07, 6.45) is 1.88. The van der Waals surface area contributed by atoms with Gasteiger partial charge in [-0.15, -0.1) is 12.4 Å². The lowest BCUT2D eigenvalue weighted by molar-refractivity contribution is 0.0685. The summed E-state index contributed by atoms with van der Waals surface area (Å²) < 4.78 is 27.6. The molecular weight excluding hydrogens is 370 g/mol. The van der Waals surface area contributed by atoms with Crippen molar-refractivity contribution in [2.24, 2.45) is 5.92 Å². The Kier molecular flexibility index (Phi) is 7.75. The van der Waals surface area contributed by atoms with Crippen LogP contribution in [0.1, 0.15) is 30.1 Å². The lowest BCUT2D eigenvalue weighted by Crippen LogP contribution is -2.41. The van der Waals surface area contributed by atoms with Gasteiger partial charge in [-0.05, 0) is 67.2 Å². The maximum absolute atomic E-state index is 14.5. The standard InChI is InChI=1S/C21H24F2N2O.ClH/c1-2-24-14-15-9-11-25(12-10-15)21(26)19-8-5-17(13-20(19)23)16-3-6-18(22)7-4-16;/h3-8,13,15,24H,2,9-12,14H2,1H3;1H. The van der Waals surface area contributed by atoms with Gasteiger partial charge in [-0.25, -0.2) is 8.78 Å². The lowest BCUT2D eigenvalue weighted by Gasteiger charge is -2.32. The second kappa shape index (κ2) is 9.81. The molecule has 1 aliphatic rings. The van der Waals surface area contributed by atoms with Gasteiger partial charge in [-0.1, -0.05) is 25.1 Å². The molecule has 1 N–H and O–H groups in total. The van der Waals surface area contributed by atoms with E-state index in [1.807, 2.05) is 0 Å². The fourth-order valence-electron chi connectivity index (χ4n) is 3.37. The molecule has 0 saturated carbocycles. The predicted octanol–water partition coefficient (Wildman–Crippen LogP) is 4.52. The van der Waals surface area contributed by atoms with Crippen LogP contribution in [0.5, 0.6) is 0 Å². The summed E-state index contributed by atoms with van der Waals surface area (Å²) in [5.41, 5.74) is 1.44. The van der Waals surface area contributed by atoms with Crippen LogP contribution in [-0.2, 0) is 0 Å². The van der Waals surface area contributed by atoms with Gasteiger partial charge in [0.25, 0.3) is 5.91 Å². The Morgan fingerprint density at radius 2 is 1.70 bits per heavy atom. The fraction of sp³-hybridized carbons (Fsp3) is 0.381. The average molecular weight is 395 g/mol. The van der Waals surface area contributed by atoms with Crippen molar-refractivity contribution in [3.63, 3.8) is 0 Å². The Morgan fingerprint density at radius 1 is 1.07 bits per heavy atom. The molecule has 0 unspecified atom stereocenters. The Labute approximate surface area is 165 Å². The van der Waals surface area contributed by atoms with Gasteiger partial charge in [0, 0.05) is 13.1 Å². The first-order valence-electron chi connectivity index (χ1n) is 9.14. The van der Waals surface area contributed by atoms with Crippen LogP contribution in [0.25, 0.3) is 11.1 Å². The largest absolute Gasteiger partial charge is 0.339 e. The van der Waals surface area contributed by atoms with Gasteiger partial charge < -0.3 is 10.2 Å². The molecule has 2 aromatic rings. The number of piperidine rings is 1. The van der Waals surface area contributed by atoms with Crippen molar-refractivity contribution < 1.29 is 13.6 Å². The van der Waals surface area contributed by atoms with Crippen LogP contribution in [0, 0.1) is 17.6 Å². The third kappa shape index (κ3) is 5.27. The van der Waals surface area contributed by atoms with Crippen LogP contribution >= 0.6 is 12.4 Å². The number of carbonyl (C=O) groups excluding carboxylic acids is 1. The molecule has 3 rings (SSSR count). The third-order valence-electron chi connectivity index (χ3n) is 4.96. The zero-order valence-electron chi connectivity index (χ0n) is 15.4. The number of nitrogens with zero attached hydrogens (tertiary/aromatic N) is 1. The highest BCUT2D eigenvalue weighted by atomic mass is 35.5.